The molecule has 0 aliphatic rings. The van der Waals surface area contributed by atoms with Gasteiger partial charge < -0.3 is 15.5 Å². The molecule has 0 aliphatic carbocycles. The lowest BCUT2D eigenvalue weighted by molar-refractivity contribution is -0.123. The summed E-state index contributed by atoms with van der Waals surface area (Å²) in [6.07, 6.45) is 57.1. The first-order valence-corrected chi connectivity index (χ1v) is 22.7. The van der Waals surface area contributed by atoms with Crippen LogP contribution in [-0.2, 0) is 4.79 Å². The molecule has 51 heavy (non-hydrogen) atoms. The molecule has 0 aromatic heterocycles. The lowest BCUT2D eigenvalue weighted by Crippen LogP contribution is -2.45. The Labute approximate surface area is 319 Å². The molecule has 0 rings (SSSR count). The minimum atomic E-state index is -0.834. The molecule has 0 saturated carbocycles. The number of unbranched alkanes of at least 4 members (excludes halogenated alkanes) is 30. The number of aliphatic hydroxyl groups excluding tert-OH is 2. The van der Waals surface area contributed by atoms with E-state index in [4.69, 9.17) is 0 Å². The van der Waals surface area contributed by atoms with Crippen molar-refractivity contribution in [2.24, 2.45) is 0 Å². The van der Waals surface area contributed by atoms with E-state index in [0.29, 0.717) is 6.42 Å². The highest BCUT2D eigenvalue weighted by Gasteiger charge is 2.17. The highest BCUT2D eigenvalue weighted by atomic mass is 16.3. The van der Waals surface area contributed by atoms with Crippen LogP contribution in [0.3, 0.4) is 0 Å². The minimum Gasteiger partial charge on any atom is -0.394 e. The SMILES string of the molecule is CCCCCCC/C=C\C/C=C\CCCCCCCCCCCCCCCCCCCCCC(=O)NC(CO)C(O)/C=C/CCCCCCCC. The van der Waals surface area contributed by atoms with Crippen LogP contribution in [0.15, 0.2) is 36.5 Å². The van der Waals surface area contributed by atoms with Crippen LogP contribution in [0.4, 0.5) is 0 Å². The summed E-state index contributed by atoms with van der Waals surface area (Å²) in [4.78, 5) is 12.3. The third kappa shape index (κ3) is 39.6. The number of rotatable bonds is 41. The number of amides is 1. The van der Waals surface area contributed by atoms with Crippen LogP contribution in [0.25, 0.3) is 0 Å². The molecule has 0 bridgehead atoms. The van der Waals surface area contributed by atoms with Crippen molar-refractivity contribution in [2.75, 3.05) is 6.61 Å². The fraction of sp³-hybridized carbons (Fsp3) is 0.851. The Hall–Kier alpha value is -1.39. The summed E-state index contributed by atoms with van der Waals surface area (Å²) >= 11 is 0. The maximum absolute atomic E-state index is 12.3. The number of carbonyl (C=O) groups is 1. The summed E-state index contributed by atoms with van der Waals surface area (Å²) in [6.45, 7) is 4.26. The standard InChI is InChI=1S/C47H89NO3/c1-3-5-7-9-11-13-14-15-16-17-18-19-20-21-22-23-24-25-26-27-28-29-30-31-32-33-34-35-37-39-41-43-47(51)48-45(44-49)46(50)42-40-38-36-12-10-8-6-4-2/h14-15,17-18,40,42,45-46,49-50H,3-13,16,19-39,41,43-44H2,1-2H3,(H,48,51)/b15-14-,18-17-,42-40+. The van der Waals surface area contributed by atoms with Crippen molar-refractivity contribution in [3.8, 4) is 0 Å². The lowest BCUT2D eigenvalue weighted by atomic mass is 10.0. The average molecular weight is 716 g/mol. The molecule has 0 aromatic carbocycles. The summed E-state index contributed by atoms with van der Waals surface area (Å²) in [7, 11) is 0. The smallest absolute Gasteiger partial charge is 0.220 e. The van der Waals surface area contributed by atoms with Gasteiger partial charge in [0.15, 0.2) is 0 Å². The second-order valence-electron chi connectivity index (χ2n) is 15.5. The Kier molecular flexibility index (Phi) is 41.8. The molecule has 0 spiro atoms. The average Bonchev–Trinajstić information content (AvgIpc) is 3.13. The van der Waals surface area contributed by atoms with Gasteiger partial charge in [-0.05, 0) is 51.4 Å². The normalized spacial score (nSPS) is 13.3. The van der Waals surface area contributed by atoms with E-state index in [-0.39, 0.29) is 12.5 Å². The van der Waals surface area contributed by atoms with Crippen molar-refractivity contribution in [3.05, 3.63) is 36.5 Å². The number of aliphatic hydroxyl groups is 2. The van der Waals surface area contributed by atoms with Crippen molar-refractivity contribution in [1.82, 2.24) is 5.32 Å². The monoisotopic (exact) mass is 716 g/mol. The zero-order valence-corrected chi connectivity index (χ0v) is 34.4. The number of carbonyl (C=O) groups excluding carboxylic acids is 1. The van der Waals surface area contributed by atoms with Gasteiger partial charge in [-0.3, -0.25) is 4.79 Å². The molecule has 2 atom stereocenters. The molecule has 2 unspecified atom stereocenters. The van der Waals surface area contributed by atoms with E-state index in [2.05, 4.69) is 43.5 Å². The van der Waals surface area contributed by atoms with E-state index in [9.17, 15) is 15.0 Å². The first-order chi connectivity index (χ1) is 25.2. The van der Waals surface area contributed by atoms with Gasteiger partial charge in [0.25, 0.3) is 0 Å². The van der Waals surface area contributed by atoms with Crippen LogP contribution in [0.1, 0.15) is 239 Å². The highest BCUT2D eigenvalue weighted by molar-refractivity contribution is 5.76. The molecule has 0 heterocycles. The number of hydrogen-bond donors (Lipinski definition) is 3. The molecular formula is C47H89NO3. The van der Waals surface area contributed by atoms with Crippen molar-refractivity contribution in [2.45, 2.75) is 251 Å². The van der Waals surface area contributed by atoms with Crippen LogP contribution in [0, 0.1) is 0 Å². The van der Waals surface area contributed by atoms with Crippen molar-refractivity contribution < 1.29 is 15.0 Å². The molecule has 0 aliphatic heterocycles. The Morgan fingerprint density at radius 2 is 0.804 bits per heavy atom. The van der Waals surface area contributed by atoms with E-state index in [0.717, 1.165) is 32.1 Å². The van der Waals surface area contributed by atoms with Gasteiger partial charge >= 0.3 is 0 Å². The van der Waals surface area contributed by atoms with Gasteiger partial charge in [-0.1, -0.05) is 217 Å². The molecule has 1 amide bonds. The molecule has 0 saturated heterocycles. The van der Waals surface area contributed by atoms with E-state index in [1.54, 1.807) is 6.08 Å². The molecule has 0 aromatic rings. The molecule has 4 nitrogen and oxygen atoms in total. The predicted molar refractivity (Wildman–Crippen MR) is 225 cm³/mol. The third-order valence-electron chi connectivity index (χ3n) is 10.4. The van der Waals surface area contributed by atoms with E-state index < -0.39 is 12.1 Å². The minimum absolute atomic E-state index is 0.0654. The second kappa shape index (κ2) is 43.0. The van der Waals surface area contributed by atoms with Crippen LogP contribution < -0.4 is 5.32 Å². The van der Waals surface area contributed by atoms with Gasteiger partial charge in [0, 0.05) is 6.42 Å². The Bertz CT molecular complexity index is 775. The molecule has 3 N–H and O–H groups in total. The zero-order valence-electron chi connectivity index (χ0n) is 34.4. The van der Waals surface area contributed by atoms with Crippen LogP contribution >= 0.6 is 0 Å². The van der Waals surface area contributed by atoms with Gasteiger partial charge in [-0.15, -0.1) is 0 Å². The molecule has 0 fully saturated rings. The number of allylic oxidation sites excluding steroid dienone is 5. The van der Waals surface area contributed by atoms with E-state index in [1.807, 2.05) is 6.08 Å². The van der Waals surface area contributed by atoms with Gasteiger partial charge in [0.2, 0.25) is 5.91 Å². The van der Waals surface area contributed by atoms with Gasteiger partial charge in [-0.25, -0.2) is 0 Å². The summed E-state index contributed by atoms with van der Waals surface area (Å²) in [5.41, 5.74) is 0. The molecule has 4 heteroatoms. The third-order valence-corrected chi connectivity index (χ3v) is 10.4. The summed E-state index contributed by atoms with van der Waals surface area (Å²) in [5.74, 6) is -0.0654. The van der Waals surface area contributed by atoms with Crippen LogP contribution in [0.5, 0.6) is 0 Å². The van der Waals surface area contributed by atoms with Gasteiger partial charge in [0.1, 0.15) is 0 Å². The molecular weight excluding hydrogens is 627 g/mol. The maximum Gasteiger partial charge on any atom is 0.220 e. The fourth-order valence-electron chi connectivity index (χ4n) is 6.86. The van der Waals surface area contributed by atoms with Crippen LogP contribution in [-0.4, -0.2) is 34.9 Å². The fourth-order valence-corrected chi connectivity index (χ4v) is 6.86. The second-order valence-corrected chi connectivity index (χ2v) is 15.5. The highest BCUT2D eigenvalue weighted by Crippen LogP contribution is 2.16. The number of hydrogen-bond acceptors (Lipinski definition) is 3. The maximum atomic E-state index is 12.3. The van der Waals surface area contributed by atoms with Gasteiger partial charge in [-0.2, -0.15) is 0 Å². The summed E-state index contributed by atoms with van der Waals surface area (Å²) in [5, 5.41) is 22.8. The summed E-state index contributed by atoms with van der Waals surface area (Å²) in [6, 6.07) is -0.617. The summed E-state index contributed by atoms with van der Waals surface area (Å²) < 4.78 is 0. The quantitative estimate of drug-likeness (QED) is 0.0436. The first-order valence-electron chi connectivity index (χ1n) is 22.7. The predicted octanol–water partition coefficient (Wildman–Crippen LogP) is 14.2. The molecule has 300 valence electrons. The van der Waals surface area contributed by atoms with Gasteiger partial charge in [0.05, 0.1) is 18.8 Å². The van der Waals surface area contributed by atoms with Crippen molar-refractivity contribution in [1.29, 1.82) is 0 Å². The topological polar surface area (TPSA) is 69.6 Å². The Morgan fingerprint density at radius 1 is 0.471 bits per heavy atom. The van der Waals surface area contributed by atoms with E-state index in [1.165, 1.54) is 186 Å². The molecule has 0 radical (unpaired) electrons. The van der Waals surface area contributed by atoms with E-state index >= 15 is 0 Å². The Morgan fingerprint density at radius 3 is 1.18 bits per heavy atom. The van der Waals surface area contributed by atoms with Crippen molar-refractivity contribution in [3.63, 3.8) is 0 Å². The lowest BCUT2D eigenvalue weighted by Gasteiger charge is -2.20. The van der Waals surface area contributed by atoms with Crippen LogP contribution in [0.2, 0.25) is 0 Å². The zero-order chi connectivity index (χ0) is 37.1. The number of nitrogens with one attached hydrogen (secondary N) is 1. The van der Waals surface area contributed by atoms with Crippen molar-refractivity contribution >= 4 is 5.91 Å². The first kappa shape index (κ1) is 49.6. The Balaban J connectivity index is 3.40. The largest absolute Gasteiger partial charge is 0.394 e.